The zero-order chi connectivity index (χ0) is 11.5. The molecule has 2 aromatic rings. The molecule has 0 amide bonds. The molecule has 2 heterocycles. The van der Waals surface area contributed by atoms with Crippen LogP contribution >= 0.6 is 0 Å². The SMILES string of the molecule is COc1cc(C)nc(-c2cccc(C)n2)c1. The molecular weight excluding hydrogens is 200 g/mol. The number of pyridine rings is 2. The van der Waals surface area contributed by atoms with Gasteiger partial charge in [0.15, 0.2) is 0 Å². The minimum atomic E-state index is 0.811. The van der Waals surface area contributed by atoms with E-state index >= 15 is 0 Å². The first kappa shape index (κ1) is 10.6. The Bertz CT molecular complexity index is 509. The number of ether oxygens (including phenoxy) is 1. The van der Waals surface area contributed by atoms with E-state index in [-0.39, 0.29) is 0 Å². The molecule has 0 aliphatic rings. The number of methoxy groups -OCH3 is 1. The fourth-order valence-electron chi connectivity index (χ4n) is 1.57. The molecule has 3 heteroatoms. The molecule has 0 aromatic carbocycles. The average Bonchev–Trinajstić information content (AvgIpc) is 2.28. The first-order valence-electron chi connectivity index (χ1n) is 5.16. The van der Waals surface area contributed by atoms with Crippen LogP contribution in [0.25, 0.3) is 11.4 Å². The van der Waals surface area contributed by atoms with Gasteiger partial charge in [-0.15, -0.1) is 0 Å². The third kappa shape index (κ3) is 2.19. The summed E-state index contributed by atoms with van der Waals surface area (Å²) in [6.45, 7) is 3.92. The number of hydrogen-bond acceptors (Lipinski definition) is 3. The second kappa shape index (κ2) is 4.31. The van der Waals surface area contributed by atoms with Crippen LogP contribution < -0.4 is 4.74 Å². The van der Waals surface area contributed by atoms with Gasteiger partial charge in [-0.3, -0.25) is 9.97 Å². The fraction of sp³-hybridized carbons (Fsp3) is 0.231. The zero-order valence-electron chi connectivity index (χ0n) is 9.69. The van der Waals surface area contributed by atoms with Crippen molar-refractivity contribution < 1.29 is 4.74 Å². The standard InChI is InChI=1S/C13H14N2O/c1-9-5-4-6-12(14-9)13-8-11(16-3)7-10(2)15-13/h4-8H,1-3H3. The molecule has 0 aliphatic heterocycles. The molecule has 2 rings (SSSR count). The maximum atomic E-state index is 5.22. The summed E-state index contributed by atoms with van der Waals surface area (Å²) in [5.74, 6) is 0.811. The van der Waals surface area contributed by atoms with Crippen LogP contribution in [0.1, 0.15) is 11.4 Å². The number of aromatic nitrogens is 2. The minimum Gasteiger partial charge on any atom is -0.497 e. The Balaban J connectivity index is 2.51. The number of aryl methyl sites for hydroxylation is 2. The van der Waals surface area contributed by atoms with Crippen molar-refractivity contribution in [2.24, 2.45) is 0 Å². The van der Waals surface area contributed by atoms with E-state index in [4.69, 9.17) is 4.74 Å². The molecule has 0 N–H and O–H groups in total. The van der Waals surface area contributed by atoms with E-state index in [0.717, 1.165) is 28.5 Å². The van der Waals surface area contributed by atoms with Gasteiger partial charge in [-0.2, -0.15) is 0 Å². The molecule has 0 spiro atoms. The van der Waals surface area contributed by atoms with Gasteiger partial charge in [-0.25, -0.2) is 0 Å². The third-order valence-corrected chi connectivity index (χ3v) is 2.31. The summed E-state index contributed by atoms with van der Waals surface area (Å²) in [7, 11) is 1.65. The summed E-state index contributed by atoms with van der Waals surface area (Å²) in [5, 5.41) is 0. The highest BCUT2D eigenvalue weighted by Crippen LogP contribution is 2.21. The number of rotatable bonds is 2. The van der Waals surface area contributed by atoms with Crippen LogP contribution in [-0.4, -0.2) is 17.1 Å². The van der Waals surface area contributed by atoms with Crippen molar-refractivity contribution in [3.05, 3.63) is 41.7 Å². The van der Waals surface area contributed by atoms with E-state index in [1.165, 1.54) is 0 Å². The molecule has 0 atom stereocenters. The van der Waals surface area contributed by atoms with Gasteiger partial charge < -0.3 is 4.74 Å². The molecule has 0 saturated carbocycles. The number of hydrogen-bond donors (Lipinski definition) is 0. The van der Waals surface area contributed by atoms with Gasteiger partial charge >= 0.3 is 0 Å². The fourth-order valence-corrected chi connectivity index (χ4v) is 1.57. The van der Waals surface area contributed by atoms with Crippen molar-refractivity contribution in [3.63, 3.8) is 0 Å². The maximum Gasteiger partial charge on any atom is 0.122 e. The summed E-state index contributed by atoms with van der Waals surface area (Å²) in [6.07, 6.45) is 0. The molecule has 2 aromatic heterocycles. The molecule has 0 radical (unpaired) electrons. The third-order valence-electron chi connectivity index (χ3n) is 2.31. The first-order chi connectivity index (χ1) is 7.69. The summed E-state index contributed by atoms with van der Waals surface area (Å²) < 4.78 is 5.22. The summed E-state index contributed by atoms with van der Waals surface area (Å²) in [4.78, 5) is 8.89. The van der Waals surface area contributed by atoms with E-state index in [9.17, 15) is 0 Å². The Morgan fingerprint density at radius 2 is 1.69 bits per heavy atom. The van der Waals surface area contributed by atoms with Crippen LogP contribution in [0, 0.1) is 13.8 Å². The smallest absolute Gasteiger partial charge is 0.122 e. The van der Waals surface area contributed by atoms with Crippen LogP contribution in [0.3, 0.4) is 0 Å². The monoisotopic (exact) mass is 214 g/mol. The maximum absolute atomic E-state index is 5.22. The van der Waals surface area contributed by atoms with Crippen molar-refractivity contribution in [1.29, 1.82) is 0 Å². The van der Waals surface area contributed by atoms with Crippen molar-refractivity contribution in [1.82, 2.24) is 9.97 Å². The topological polar surface area (TPSA) is 35.0 Å². The van der Waals surface area contributed by atoms with Crippen LogP contribution in [0.2, 0.25) is 0 Å². The van der Waals surface area contributed by atoms with Crippen LogP contribution in [0.4, 0.5) is 0 Å². The molecule has 0 bridgehead atoms. The second-order valence-electron chi connectivity index (χ2n) is 3.70. The Morgan fingerprint density at radius 1 is 0.938 bits per heavy atom. The minimum absolute atomic E-state index is 0.811. The lowest BCUT2D eigenvalue weighted by atomic mass is 10.2. The highest BCUT2D eigenvalue weighted by Gasteiger charge is 2.04. The second-order valence-corrected chi connectivity index (χ2v) is 3.70. The van der Waals surface area contributed by atoms with E-state index in [0.29, 0.717) is 0 Å². The predicted molar refractivity (Wildman–Crippen MR) is 63.5 cm³/mol. The molecule has 0 fully saturated rings. The lowest BCUT2D eigenvalue weighted by Crippen LogP contribution is -1.93. The molecule has 3 nitrogen and oxygen atoms in total. The molecule has 0 saturated heterocycles. The molecule has 16 heavy (non-hydrogen) atoms. The number of nitrogens with zero attached hydrogens (tertiary/aromatic N) is 2. The Kier molecular flexibility index (Phi) is 2.86. The lowest BCUT2D eigenvalue weighted by Gasteiger charge is -2.05. The normalized spacial score (nSPS) is 10.2. The van der Waals surface area contributed by atoms with Crippen molar-refractivity contribution in [2.45, 2.75) is 13.8 Å². The Morgan fingerprint density at radius 3 is 2.38 bits per heavy atom. The summed E-state index contributed by atoms with van der Waals surface area (Å²) in [6, 6.07) is 9.70. The zero-order valence-corrected chi connectivity index (χ0v) is 9.69. The van der Waals surface area contributed by atoms with Gasteiger partial charge in [0.05, 0.1) is 18.5 Å². The largest absolute Gasteiger partial charge is 0.497 e. The van der Waals surface area contributed by atoms with E-state index in [1.807, 2.05) is 44.2 Å². The lowest BCUT2D eigenvalue weighted by molar-refractivity contribution is 0.414. The summed E-state index contributed by atoms with van der Waals surface area (Å²) >= 11 is 0. The average molecular weight is 214 g/mol. The Labute approximate surface area is 95.1 Å². The van der Waals surface area contributed by atoms with Crippen LogP contribution in [-0.2, 0) is 0 Å². The summed E-state index contributed by atoms with van der Waals surface area (Å²) in [5.41, 5.74) is 3.64. The quantitative estimate of drug-likeness (QED) is 0.771. The molecular formula is C13H14N2O. The van der Waals surface area contributed by atoms with Gasteiger partial charge in [-0.1, -0.05) is 6.07 Å². The highest BCUT2D eigenvalue weighted by atomic mass is 16.5. The van der Waals surface area contributed by atoms with Crippen LogP contribution in [0.15, 0.2) is 30.3 Å². The van der Waals surface area contributed by atoms with Gasteiger partial charge in [0, 0.05) is 23.5 Å². The predicted octanol–water partition coefficient (Wildman–Crippen LogP) is 2.77. The van der Waals surface area contributed by atoms with Crippen molar-refractivity contribution in [2.75, 3.05) is 7.11 Å². The van der Waals surface area contributed by atoms with Crippen molar-refractivity contribution in [3.8, 4) is 17.1 Å². The first-order valence-corrected chi connectivity index (χ1v) is 5.16. The van der Waals surface area contributed by atoms with Gasteiger partial charge in [0.25, 0.3) is 0 Å². The Hall–Kier alpha value is -1.90. The van der Waals surface area contributed by atoms with Gasteiger partial charge in [0.1, 0.15) is 5.75 Å². The van der Waals surface area contributed by atoms with E-state index in [1.54, 1.807) is 7.11 Å². The van der Waals surface area contributed by atoms with Gasteiger partial charge in [0.2, 0.25) is 0 Å². The van der Waals surface area contributed by atoms with Crippen LogP contribution in [0.5, 0.6) is 5.75 Å². The van der Waals surface area contributed by atoms with E-state index < -0.39 is 0 Å². The van der Waals surface area contributed by atoms with Gasteiger partial charge in [-0.05, 0) is 26.0 Å². The highest BCUT2D eigenvalue weighted by molar-refractivity contribution is 5.56. The van der Waals surface area contributed by atoms with Crippen molar-refractivity contribution >= 4 is 0 Å². The molecule has 82 valence electrons. The van der Waals surface area contributed by atoms with E-state index in [2.05, 4.69) is 9.97 Å². The molecule has 0 aliphatic carbocycles. The molecule has 0 unspecified atom stereocenters.